The third-order valence-corrected chi connectivity index (χ3v) is 3.12. The fourth-order valence-electron chi connectivity index (χ4n) is 1.48. The van der Waals surface area contributed by atoms with E-state index in [0.717, 1.165) is 0 Å². The predicted octanol–water partition coefficient (Wildman–Crippen LogP) is 3.35. The lowest BCUT2D eigenvalue weighted by atomic mass is 10.0. The molecular formula is C13H15Cl3O4. The summed E-state index contributed by atoms with van der Waals surface area (Å²) in [6, 6.07) is 0. The number of carbonyl (C=O) groups is 2. The highest BCUT2D eigenvalue weighted by molar-refractivity contribution is 6.68. The van der Waals surface area contributed by atoms with Crippen molar-refractivity contribution in [3.63, 3.8) is 0 Å². The monoisotopic (exact) mass is 340 g/mol. The molecule has 1 aliphatic heterocycles. The van der Waals surface area contributed by atoms with Crippen molar-refractivity contribution in [3.8, 4) is 0 Å². The lowest BCUT2D eigenvalue weighted by Gasteiger charge is -2.35. The Kier molecular flexibility index (Phi) is 6.52. The maximum Gasteiger partial charge on any atom is 0.314 e. The van der Waals surface area contributed by atoms with E-state index < -0.39 is 28.1 Å². The normalized spacial score (nSPS) is 28.1. The predicted molar refractivity (Wildman–Crippen MR) is 77.8 cm³/mol. The van der Waals surface area contributed by atoms with Gasteiger partial charge in [-0.2, -0.15) is 0 Å². The Morgan fingerprint density at radius 2 is 2.00 bits per heavy atom. The van der Waals surface area contributed by atoms with Gasteiger partial charge in [0.15, 0.2) is 0 Å². The minimum Gasteiger partial charge on any atom is -0.431 e. The van der Waals surface area contributed by atoms with Crippen LogP contribution in [-0.2, 0) is 19.1 Å². The molecule has 0 aromatic rings. The Balaban J connectivity index is 2.67. The second-order valence-electron chi connectivity index (χ2n) is 4.42. The number of carbonyl (C=O) groups excluding carboxylic acids is 2. The maximum absolute atomic E-state index is 11.7. The van der Waals surface area contributed by atoms with Crippen LogP contribution in [0.4, 0.5) is 0 Å². The molecule has 0 N–H and O–H groups in total. The van der Waals surface area contributed by atoms with Crippen LogP contribution in [0.5, 0.6) is 0 Å². The molecule has 0 aromatic heterocycles. The van der Waals surface area contributed by atoms with Gasteiger partial charge in [-0.25, -0.2) is 0 Å². The molecule has 0 bridgehead atoms. The first kappa shape index (κ1) is 17.5. The van der Waals surface area contributed by atoms with Crippen molar-refractivity contribution in [2.24, 2.45) is 5.92 Å². The van der Waals surface area contributed by atoms with Gasteiger partial charge in [0.1, 0.15) is 5.78 Å². The number of esters is 1. The van der Waals surface area contributed by atoms with E-state index in [-0.39, 0.29) is 5.78 Å². The molecule has 3 atom stereocenters. The number of allylic oxidation sites excluding steroid dienone is 3. The van der Waals surface area contributed by atoms with E-state index in [1.807, 2.05) is 0 Å². The molecule has 1 aliphatic rings. The van der Waals surface area contributed by atoms with Crippen LogP contribution in [0.2, 0.25) is 0 Å². The van der Waals surface area contributed by atoms with E-state index in [0.29, 0.717) is 6.42 Å². The summed E-state index contributed by atoms with van der Waals surface area (Å²) < 4.78 is 8.49. The molecule has 1 heterocycles. The van der Waals surface area contributed by atoms with E-state index >= 15 is 0 Å². The summed E-state index contributed by atoms with van der Waals surface area (Å²) >= 11 is 17.0. The fourth-order valence-corrected chi connectivity index (χ4v) is 1.77. The Bertz CT molecular complexity index is 426. The van der Waals surface area contributed by atoms with Crippen molar-refractivity contribution in [3.05, 3.63) is 24.3 Å². The van der Waals surface area contributed by atoms with Crippen LogP contribution in [-0.4, -0.2) is 27.9 Å². The summed E-state index contributed by atoms with van der Waals surface area (Å²) in [5.74, 6) is -0.928. The number of Topliss-reactive ketones (excluding diaryl/α,β-unsaturated/α-hetero) is 1. The van der Waals surface area contributed by atoms with Gasteiger partial charge >= 0.3 is 5.97 Å². The number of ketones is 1. The quantitative estimate of drug-likeness (QED) is 0.447. The number of alkyl halides is 3. The zero-order valence-corrected chi connectivity index (χ0v) is 13.3. The molecule has 7 heteroatoms. The molecule has 20 heavy (non-hydrogen) atoms. The Hall–Kier alpha value is -0.550. The molecule has 112 valence electrons. The number of rotatable bonds is 4. The first-order valence-corrected chi connectivity index (χ1v) is 7.10. The van der Waals surface area contributed by atoms with Crippen LogP contribution < -0.4 is 0 Å². The highest BCUT2D eigenvalue weighted by Gasteiger charge is 2.45. The van der Waals surface area contributed by atoms with E-state index in [4.69, 9.17) is 44.3 Å². The van der Waals surface area contributed by atoms with Crippen molar-refractivity contribution in [1.29, 1.82) is 0 Å². The molecule has 0 aromatic carbocycles. The Morgan fingerprint density at radius 1 is 1.35 bits per heavy atom. The number of hydrogen-bond donors (Lipinski definition) is 0. The second kappa shape index (κ2) is 7.46. The van der Waals surface area contributed by atoms with Gasteiger partial charge in [-0.1, -0.05) is 59.1 Å². The van der Waals surface area contributed by atoms with Gasteiger partial charge < -0.3 is 9.47 Å². The summed E-state index contributed by atoms with van der Waals surface area (Å²) in [7, 11) is 0. The molecule has 0 aliphatic carbocycles. The van der Waals surface area contributed by atoms with E-state index in [9.17, 15) is 9.59 Å². The summed E-state index contributed by atoms with van der Waals surface area (Å²) in [6.07, 6.45) is 5.29. The lowest BCUT2D eigenvalue weighted by Crippen LogP contribution is -2.46. The Labute approximate surface area is 132 Å². The number of halogens is 3. The van der Waals surface area contributed by atoms with Gasteiger partial charge in [-0.3, -0.25) is 9.59 Å². The first-order chi connectivity index (χ1) is 9.21. The topological polar surface area (TPSA) is 52.6 Å². The highest BCUT2D eigenvalue weighted by Crippen LogP contribution is 2.37. The molecule has 1 fully saturated rings. The van der Waals surface area contributed by atoms with Crippen LogP contribution in [0.3, 0.4) is 0 Å². The standard InChI is InChI=1S/C13H15Cl3O4/c1-8(17)6-4-3-5-7-10-9(2)11(18)20-12(19-10)13(14,15)16/h3-5,7,9-10,12H,6H2,1-2H3/b4-3+,7-5+. The molecule has 0 amide bonds. The third kappa shape index (κ3) is 5.44. The summed E-state index contributed by atoms with van der Waals surface area (Å²) in [5.41, 5.74) is 0. The molecule has 1 rings (SSSR count). The molecule has 0 spiro atoms. The summed E-state index contributed by atoms with van der Waals surface area (Å²) in [6.45, 7) is 3.16. The van der Waals surface area contributed by atoms with Gasteiger partial charge in [0.05, 0.1) is 12.0 Å². The second-order valence-corrected chi connectivity index (χ2v) is 6.79. The number of ether oxygens (including phenoxy) is 2. The van der Waals surface area contributed by atoms with Crippen molar-refractivity contribution in [2.45, 2.75) is 36.5 Å². The lowest BCUT2D eigenvalue weighted by molar-refractivity contribution is -0.219. The largest absolute Gasteiger partial charge is 0.431 e. The van der Waals surface area contributed by atoms with Gasteiger partial charge in [0, 0.05) is 6.42 Å². The molecule has 3 unspecified atom stereocenters. The number of hydrogen-bond acceptors (Lipinski definition) is 4. The first-order valence-electron chi connectivity index (χ1n) is 5.97. The summed E-state index contributed by atoms with van der Waals surface area (Å²) in [4.78, 5) is 22.4. The SMILES string of the molecule is CC(=O)C/C=C/C=C/C1OC(C(Cl)(Cl)Cl)OC(=O)C1C. The maximum atomic E-state index is 11.7. The minimum absolute atomic E-state index is 0.0665. The molecule has 4 nitrogen and oxygen atoms in total. The van der Waals surface area contributed by atoms with E-state index in [2.05, 4.69) is 0 Å². The van der Waals surface area contributed by atoms with Crippen molar-refractivity contribution in [1.82, 2.24) is 0 Å². The van der Waals surface area contributed by atoms with Crippen LogP contribution in [0.15, 0.2) is 24.3 Å². The van der Waals surface area contributed by atoms with Crippen molar-refractivity contribution < 1.29 is 19.1 Å². The average Bonchev–Trinajstić information content (AvgIpc) is 2.31. The molecule has 0 saturated carbocycles. The molecule has 0 radical (unpaired) electrons. The van der Waals surface area contributed by atoms with Crippen LogP contribution in [0.1, 0.15) is 20.3 Å². The Morgan fingerprint density at radius 3 is 2.55 bits per heavy atom. The van der Waals surface area contributed by atoms with Gasteiger partial charge in [0.25, 0.3) is 10.1 Å². The van der Waals surface area contributed by atoms with Crippen LogP contribution in [0.25, 0.3) is 0 Å². The highest BCUT2D eigenvalue weighted by atomic mass is 35.6. The van der Waals surface area contributed by atoms with Gasteiger partial charge in [0.2, 0.25) is 0 Å². The molecular weight excluding hydrogens is 326 g/mol. The van der Waals surface area contributed by atoms with E-state index in [1.165, 1.54) is 6.92 Å². The summed E-state index contributed by atoms with van der Waals surface area (Å²) in [5, 5.41) is 0. The average molecular weight is 342 g/mol. The zero-order valence-electron chi connectivity index (χ0n) is 11.0. The van der Waals surface area contributed by atoms with Crippen molar-refractivity contribution in [2.75, 3.05) is 0 Å². The van der Waals surface area contributed by atoms with Crippen molar-refractivity contribution >= 4 is 46.6 Å². The number of cyclic esters (lactones) is 1. The smallest absolute Gasteiger partial charge is 0.314 e. The minimum atomic E-state index is -1.84. The van der Waals surface area contributed by atoms with Crippen LogP contribution >= 0.6 is 34.8 Å². The third-order valence-electron chi connectivity index (χ3n) is 2.59. The fraction of sp³-hybridized carbons (Fsp3) is 0.538. The van der Waals surface area contributed by atoms with Gasteiger partial charge in [-0.15, -0.1) is 0 Å². The molecule has 1 saturated heterocycles. The zero-order chi connectivity index (χ0) is 15.3. The van der Waals surface area contributed by atoms with Gasteiger partial charge in [-0.05, 0) is 13.8 Å². The van der Waals surface area contributed by atoms with E-state index in [1.54, 1.807) is 31.2 Å². The van der Waals surface area contributed by atoms with Crippen LogP contribution in [0, 0.1) is 5.92 Å².